The van der Waals surface area contributed by atoms with Crippen molar-refractivity contribution < 1.29 is 0 Å². The van der Waals surface area contributed by atoms with Gasteiger partial charge in [-0.3, -0.25) is 4.90 Å². The van der Waals surface area contributed by atoms with Crippen LogP contribution in [0, 0.1) is 0 Å². The fraction of sp³-hybridized carbons (Fsp3) is 0.407. The van der Waals surface area contributed by atoms with Crippen LogP contribution in [0.2, 0.25) is 0 Å². The van der Waals surface area contributed by atoms with Crippen molar-refractivity contribution in [3.63, 3.8) is 0 Å². The molecule has 0 unspecified atom stereocenters. The summed E-state index contributed by atoms with van der Waals surface area (Å²) in [5, 5.41) is 2.71. The number of hydrogen-bond donors (Lipinski definition) is 0. The lowest BCUT2D eigenvalue weighted by molar-refractivity contribution is 0.267. The topological polar surface area (TPSA) is 6.48 Å². The van der Waals surface area contributed by atoms with Crippen molar-refractivity contribution in [1.29, 1.82) is 0 Å². The highest BCUT2D eigenvalue weighted by Crippen LogP contribution is 2.38. The Labute approximate surface area is 176 Å². The maximum absolute atomic E-state index is 2.63. The van der Waals surface area contributed by atoms with Gasteiger partial charge in [0.15, 0.2) is 0 Å². The summed E-state index contributed by atoms with van der Waals surface area (Å²) in [5.41, 5.74) is 5.88. The molecule has 0 N–H and O–H groups in total. The van der Waals surface area contributed by atoms with Crippen LogP contribution in [0.5, 0.6) is 0 Å². The number of benzene rings is 3. The summed E-state index contributed by atoms with van der Waals surface area (Å²) < 4.78 is 0. The Bertz CT molecular complexity index is 957. The molecule has 29 heavy (non-hydrogen) atoms. The number of fused-ring (bicyclic) bond motifs is 1. The average Bonchev–Trinajstić information content (AvgIpc) is 3.22. The third kappa shape index (κ3) is 3.79. The first-order valence-electron chi connectivity index (χ1n) is 11.1. The van der Waals surface area contributed by atoms with Crippen molar-refractivity contribution in [3.05, 3.63) is 77.4 Å². The van der Waals surface area contributed by atoms with E-state index in [-0.39, 0.29) is 0 Å². The molecule has 152 valence electrons. The van der Waals surface area contributed by atoms with Crippen LogP contribution >= 0.6 is 0 Å². The van der Waals surface area contributed by atoms with Gasteiger partial charge < -0.3 is 4.90 Å². The molecule has 1 aliphatic rings. The van der Waals surface area contributed by atoms with Crippen molar-refractivity contribution in [2.75, 3.05) is 24.7 Å². The Morgan fingerprint density at radius 1 is 0.655 bits per heavy atom. The maximum Gasteiger partial charge on any atom is 0.0713 e. The fourth-order valence-electron chi connectivity index (χ4n) is 4.80. The van der Waals surface area contributed by atoms with Gasteiger partial charge in [0.25, 0.3) is 0 Å². The van der Waals surface area contributed by atoms with E-state index in [1.165, 1.54) is 33.2 Å². The summed E-state index contributed by atoms with van der Waals surface area (Å²) in [7, 11) is 0. The van der Waals surface area contributed by atoms with Gasteiger partial charge in [-0.25, -0.2) is 0 Å². The molecule has 1 fully saturated rings. The fourth-order valence-corrected chi connectivity index (χ4v) is 4.80. The molecule has 3 aromatic carbocycles. The maximum atomic E-state index is 2.63. The zero-order chi connectivity index (χ0) is 20.5. The average molecular weight is 387 g/mol. The predicted molar refractivity (Wildman–Crippen MR) is 126 cm³/mol. The van der Waals surface area contributed by atoms with Crippen LogP contribution in [-0.4, -0.2) is 24.7 Å². The first-order chi connectivity index (χ1) is 14.0. The minimum Gasteiger partial charge on any atom is -0.357 e. The summed E-state index contributed by atoms with van der Waals surface area (Å²) in [6.45, 7) is 14.8. The second-order valence-electron chi connectivity index (χ2n) is 9.06. The third-order valence-electron chi connectivity index (χ3n) is 6.49. The van der Waals surface area contributed by atoms with Gasteiger partial charge in [-0.05, 0) is 46.2 Å². The summed E-state index contributed by atoms with van der Waals surface area (Å²) in [6.07, 6.45) is 0. The summed E-state index contributed by atoms with van der Waals surface area (Å²) in [6, 6.07) is 22.8. The van der Waals surface area contributed by atoms with Crippen molar-refractivity contribution in [3.8, 4) is 0 Å². The van der Waals surface area contributed by atoms with Crippen molar-refractivity contribution >= 4 is 16.5 Å². The van der Waals surface area contributed by atoms with Gasteiger partial charge in [0.1, 0.15) is 0 Å². The molecule has 4 rings (SSSR count). The van der Waals surface area contributed by atoms with Crippen molar-refractivity contribution in [2.24, 2.45) is 0 Å². The lowest BCUT2D eigenvalue weighted by atomic mass is 9.92. The minimum absolute atomic E-state index is 0.403. The quantitative estimate of drug-likeness (QED) is 0.469. The van der Waals surface area contributed by atoms with Gasteiger partial charge in [0, 0.05) is 24.8 Å². The van der Waals surface area contributed by atoms with Crippen molar-refractivity contribution in [1.82, 2.24) is 4.90 Å². The Morgan fingerprint density at radius 3 is 1.93 bits per heavy atom. The van der Waals surface area contributed by atoms with Crippen LogP contribution in [0.4, 0.5) is 5.69 Å². The standard InChI is InChI=1S/C27H34N2/c1-19(2)23-13-9-14-24(20(3)4)27(23)29-17-16-28(18-29)21(5)25-15-8-11-22-10-6-7-12-26(22)25/h6-15,19-21H,16-18H2,1-5H3/t21-/m0/s1. The molecule has 0 bridgehead atoms. The number of hydrogen-bond acceptors (Lipinski definition) is 2. The van der Waals surface area contributed by atoms with Crippen LogP contribution in [0.1, 0.15) is 69.2 Å². The molecule has 2 nitrogen and oxygen atoms in total. The third-order valence-corrected chi connectivity index (χ3v) is 6.49. The highest BCUT2D eigenvalue weighted by molar-refractivity contribution is 5.86. The van der Waals surface area contributed by atoms with Crippen LogP contribution in [0.15, 0.2) is 60.7 Å². The number of para-hydroxylation sites is 1. The van der Waals surface area contributed by atoms with Gasteiger partial charge in [-0.15, -0.1) is 0 Å². The molecule has 1 saturated heterocycles. The molecular formula is C27H34N2. The molecule has 0 amide bonds. The smallest absolute Gasteiger partial charge is 0.0713 e. The van der Waals surface area contributed by atoms with E-state index < -0.39 is 0 Å². The first kappa shape index (κ1) is 20.0. The van der Waals surface area contributed by atoms with E-state index in [0.29, 0.717) is 17.9 Å². The summed E-state index contributed by atoms with van der Waals surface area (Å²) in [4.78, 5) is 5.25. The van der Waals surface area contributed by atoms with Gasteiger partial charge >= 0.3 is 0 Å². The number of rotatable bonds is 5. The highest BCUT2D eigenvalue weighted by Gasteiger charge is 2.29. The SMILES string of the molecule is CC(C)c1cccc(C(C)C)c1N1CCN([C@@H](C)c2cccc3ccccc23)C1. The molecule has 0 radical (unpaired) electrons. The van der Waals surface area contributed by atoms with Crippen LogP contribution in [0.25, 0.3) is 10.8 Å². The van der Waals surface area contributed by atoms with E-state index in [0.717, 1.165) is 19.8 Å². The van der Waals surface area contributed by atoms with Gasteiger partial charge in [0.2, 0.25) is 0 Å². The second-order valence-corrected chi connectivity index (χ2v) is 9.06. The molecule has 0 spiro atoms. The zero-order valence-corrected chi connectivity index (χ0v) is 18.5. The van der Waals surface area contributed by atoms with Gasteiger partial charge in [-0.2, -0.15) is 0 Å². The van der Waals surface area contributed by atoms with Gasteiger partial charge in [0.05, 0.1) is 6.67 Å². The molecule has 2 heteroatoms. The lowest BCUT2D eigenvalue weighted by Gasteiger charge is -2.30. The first-order valence-corrected chi connectivity index (χ1v) is 11.1. The van der Waals surface area contributed by atoms with E-state index in [2.05, 4.69) is 105 Å². The van der Waals surface area contributed by atoms with Gasteiger partial charge in [-0.1, -0.05) is 88.4 Å². The largest absolute Gasteiger partial charge is 0.357 e. The van der Waals surface area contributed by atoms with E-state index in [4.69, 9.17) is 0 Å². The highest BCUT2D eigenvalue weighted by atomic mass is 15.4. The Balaban J connectivity index is 1.65. The number of anilines is 1. The van der Waals surface area contributed by atoms with Crippen LogP contribution < -0.4 is 4.90 Å². The Kier molecular flexibility index (Phi) is 5.65. The molecule has 0 aromatic heterocycles. The summed E-state index contributed by atoms with van der Waals surface area (Å²) >= 11 is 0. The normalized spacial score (nSPS) is 16.3. The molecule has 1 atom stereocenters. The molecule has 3 aromatic rings. The molecule has 1 heterocycles. The van der Waals surface area contributed by atoms with E-state index in [1.807, 2.05) is 0 Å². The zero-order valence-electron chi connectivity index (χ0n) is 18.5. The number of nitrogens with zero attached hydrogens (tertiary/aromatic N) is 2. The molecule has 0 saturated carbocycles. The lowest BCUT2D eigenvalue weighted by Crippen LogP contribution is -2.29. The second kappa shape index (κ2) is 8.20. The predicted octanol–water partition coefficient (Wildman–Crippen LogP) is 6.93. The van der Waals surface area contributed by atoms with E-state index in [9.17, 15) is 0 Å². The Morgan fingerprint density at radius 2 is 1.24 bits per heavy atom. The van der Waals surface area contributed by atoms with E-state index >= 15 is 0 Å². The van der Waals surface area contributed by atoms with Crippen molar-refractivity contribution in [2.45, 2.75) is 52.5 Å². The molecular weight excluding hydrogens is 352 g/mol. The molecule has 0 aliphatic carbocycles. The van der Waals surface area contributed by atoms with Crippen LogP contribution in [0.3, 0.4) is 0 Å². The van der Waals surface area contributed by atoms with Crippen LogP contribution in [-0.2, 0) is 0 Å². The molecule has 1 aliphatic heterocycles. The monoisotopic (exact) mass is 386 g/mol. The Hall–Kier alpha value is -2.32. The minimum atomic E-state index is 0.403. The van der Waals surface area contributed by atoms with E-state index in [1.54, 1.807) is 0 Å². The summed E-state index contributed by atoms with van der Waals surface area (Å²) in [5.74, 6) is 1.07.